The molecule has 3 aromatic heterocycles. The van der Waals surface area contributed by atoms with E-state index < -0.39 is 0 Å². The van der Waals surface area contributed by atoms with Crippen LogP contribution in [0.2, 0.25) is 0 Å². The summed E-state index contributed by atoms with van der Waals surface area (Å²) in [5, 5.41) is 13.2. The third-order valence-corrected chi connectivity index (χ3v) is 4.72. The standard InChI is InChI=1S/C19H24N8/c1-13-11-14(2)21-19(20-13)26-9-7-25(8-10-26)17-5-6-18(23-22-17)27-16(4)12-15(3)24-27/h5-6,11-12H,7-10H2,1-4H3. The summed E-state index contributed by atoms with van der Waals surface area (Å²) in [5.74, 6) is 2.45. The van der Waals surface area contributed by atoms with E-state index in [-0.39, 0.29) is 0 Å². The fourth-order valence-corrected chi connectivity index (χ4v) is 3.44. The van der Waals surface area contributed by atoms with Crippen molar-refractivity contribution in [1.82, 2.24) is 29.9 Å². The summed E-state index contributed by atoms with van der Waals surface area (Å²) in [6.45, 7) is 11.5. The average molecular weight is 364 g/mol. The molecule has 27 heavy (non-hydrogen) atoms. The largest absolute Gasteiger partial charge is 0.352 e. The van der Waals surface area contributed by atoms with Gasteiger partial charge < -0.3 is 9.80 Å². The Morgan fingerprint density at radius 3 is 1.85 bits per heavy atom. The Kier molecular flexibility index (Phi) is 4.47. The monoisotopic (exact) mass is 364 g/mol. The second kappa shape index (κ2) is 6.94. The lowest BCUT2D eigenvalue weighted by atomic mass is 10.3. The zero-order valence-electron chi connectivity index (χ0n) is 16.2. The fraction of sp³-hybridized carbons (Fsp3) is 0.421. The maximum absolute atomic E-state index is 4.57. The Bertz CT molecular complexity index is 919. The Morgan fingerprint density at radius 2 is 1.30 bits per heavy atom. The molecule has 3 aromatic rings. The second-order valence-corrected chi connectivity index (χ2v) is 7.01. The molecule has 0 spiro atoms. The van der Waals surface area contributed by atoms with Crippen LogP contribution in [0.15, 0.2) is 24.3 Å². The zero-order chi connectivity index (χ0) is 19.0. The fourth-order valence-electron chi connectivity index (χ4n) is 3.44. The third kappa shape index (κ3) is 3.60. The molecule has 1 aliphatic rings. The highest BCUT2D eigenvalue weighted by Gasteiger charge is 2.21. The van der Waals surface area contributed by atoms with Crippen LogP contribution in [0.5, 0.6) is 0 Å². The van der Waals surface area contributed by atoms with E-state index in [9.17, 15) is 0 Å². The van der Waals surface area contributed by atoms with Crippen LogP contribution in [0.25, 0.3) is 5.82 Å². The summed E-state index contributed by atoms with van der Waals surface area (Å²) >= 11 is 0. The number of piperazine rings is 1. The van der Waals surface area contributed by atoms with Crippen LogP contribution in [0.3, 0.4) is 0 Å². The predicted octanol–water partition coefficient (Wildman–Crippen LogP) is 2.01. The lowest BCUT2D eigenvalue weighted by Gasteiger charge is -2.35. The summed E-state index contributed by atoms with van der Waals surface area (Å²) in [6, 6.07) is 8.02. The summed E-state index contributed by atoms with van der Waals surface area (Å²) in [7, 11) is 0. The van der Waals surface area contributed by atoms with E-state index in [4.69, 9.17) is 0 Å². The molecule has 1 aliphatic heterocycles. The molecule has 8 nitrogen and oxygen atoms in total. The van der Waals surface area contributed by atoms with Crippen LogP contribution in [-0.4, -0.2) is 56.1 Å². The maximum Gasteiger partial charge on any atom is 0.225 e. The minimum Gasteiger partial charge on any atom is -0.352 e. The molecule has 4 rings (SSSR count). The molecule has 0 amide bonds. The van der Waals surface area contributed by atoms with Gasteiger partial charge in [-0.3, -0.25) is 0 Å². The average Bonchev–Trinajstić information content (AvgIpc) is 2.99. The first-order chi connectivity index (χ1) is 13.0. The Hall–Kier alpha value is -3.03. The van der Waals surface area contributed by atoms with Crippen molar-refractivity contribution in [2.75, 3.05) is 36.0 Å². The van der Waals surface area contributed by atoms with E-state index in [0.29, 0.717) is 0 Å². The van der Waals surface area contributed by atoms with Crippen LogP contribution < -0.4 is 9.80 Å². The molecule has 0 aliphatic carbocycles. The van der Waals surface area contributed by atoms with Gasteiger partial charge >= 0.3 is 0 Å². The van der Waals surface area contributed by atoms with Crippen molar-refractivity contribution < 1.29 is 0 Å². The van der Waals surface area contributed by atoms with Gasteiger partial charge in [0.25, 0.3) is 0 Å². The maximum atomic E-state index is 4.57. The Balaban J connectivity index is 1.44. The van der Waals surface area contributed by atoms with Crippen molar-refractivity contribution in [2.24, 2.45) is 0 Å². The number of aryl methyl sites for hydroxylation is 4. The Labute approximate surface area is 158 Å². The molecule has 0 unspecified atom stereocenters. The summed E-state index contributed by atoms with van der Waals surface area (Å²) < 4.78 is 1.82. The van der Waals surface area contributed by atoms with Crippen molar-refractivity contribution in [3.63, 3.8) is 0 Å². The van der Waals surface area contributed by atoms with Crippen LogP contribution in [-0.2, 0) is 0 Å². The van der Waals surface area contributed by atoms with E-state index in [1.54, 1.807) is 0 Å². The van der Waals surface area contributed by atoms with Crippen LogP contribution in [0.1, 0.15) is 22.8 Å². The van der Waals surface area contributed by atoms with E-state index in [1.807, 2.05) is 56.6 Å². The van der Waals surface area contributed by atoms with E-state index >= 15 is 0 Å². The number of hydrogen-bond acceptors (Lipinski definition) is 7. The highest BCUT2D eigenvalue weighted by atomic mass is 15.4. The molecule has 0 saturated carbocycles. The topological polar surface area (TPSA) is 75.9 Å². The zero-order valence-corrected chi connectivity index (χ0v) is 16.2. The molecular weight excluding hydrogens is 340 g/mol. The molecular formula is C19H24N8. The molecule has 1 saturated heterocycles. The minimum atomic E-state index is 0.742. The Morgan fingerprint density at radius 1 is 0.704 bits per heavy atom. The smallest absolute Gasteiger partial charge is 0.225 e. The van der Waals surface area contributed by atoms with Crippen molar-refractivity contribution in [3.8, 4) is 5.82 Å². The molecule has 4 heterocycles. The first-order valence-corrected chi connectivity index (χ1v) is 9.19. The van der Waals surface area contributed by atoms with Gasteiger partial charge in [-0.05, 0) is 52.0 Å². The molecule has 0 atom stereocenters. The first kappa shape index (κ1) is 17.4. The van der Waals surface area contributed by atoms with Gasteiger partial charge in [0.05, 0.1) is 5.69 Å². The lowest BCUT2D eigenvalue weighted by molar-refractivity contribution is 0.628. The van der Waals surface area contributed by atoms with Crippen molar-refractivity contribution >= 4 is 11.8 Å². The second-order valence-electron chi connectivity index (χ2n) is 7.01. The molecule has 8 heteroatoms. The number of rotatable bonds is 3. The lowest BCUT2D eigenvalue weighted by Crippen LogP contribution is -2.47. The number of nitrogens with zero attached hydrogens (tertiary/aromatic N) is 8. The van der Waals surface area contributed by atoms with Gasteiger partial charge in [0.1, 0.15) is 0 Å². The van der Waals surface area contributed by atoms with E-state index in [0.717, 1.165) is 66.5 Å². The quantitative estimate of drug-likeness (QED) is 0.704. The van der Waals surface area contributed by atoms with E-state index in [2.05, 4.69) is 35.1 Å². The number of hydrogen-bond donors (Lipinski definition) is 0. The summed E-state index contributed by atoms with van der Waals surface area (Å²) in [5.41, 5.74) is 4.04. The molecule has 1 fully saturated rings. The molecule has 0 aromatic carbocycles. The highest BCUT2D eigenvalue weighted by Crippen LogP contribution is 2.18. The molecule has 0 bridgehead atoms. The van der Waals surface area contributed by atoms with Crippen molar-refractivity contribution in [1.29, 1.82) is 0 Å². The normalized spacial score (nSPS) is 14.7. The molecule has 0 radical (unpaired) electrons. The third-order valence-electron chi connectivity index (χ3n) is 4.72. The summed E-state index contributed by atoms with van der Waals surface area (Å²) in [6.07, 6.45) is 0. The van der Waals surface area contributed by atoms with Gasteiger partial charge in [-0.1, -0.05) is 0 Å². The van der Waals surface area contributed by atoms with Gasteiger partial charge in [-0.2, -0.15) is 5.10 Å². The van der Waals surface area contributed by atoms with Crippen molar-refractivity contribution in [3.05, 3.63) is 47.0 Å². The van der Waals surface area contributed by atoms with Gasteiger partial charge in [0.15, 0.2) is 11.6 Å². The van der Waals surface area contributed by atoms with E-state index in [1.165, 1.54) is 0 Å². The predicted molar refractivity (Wildman–Crippen MR) is 105 cm³/mol. The van der Waals surface area contributed by atoms with Gasteiger partial charge in [0, 0.05) is 43.3 Å². The number of aromatic nitrogens is 6. The van der Waals surface area contributed by atoms with Crippen LogP contribution in [0, 0.1) is 27.7 Å². The SMILES string of the molecule is Cc1cc(C)nc(N2CCN(c3ccc(-n4nc(C)cc4C)nn3)CC2)n1. The molecule has 0 N–H and O–H groups in total. The van der Waals surface area contributed by atoms with Gasteiger partial charge in [-0.25, -0.2) is 14.6 Å². The van der Waals surface area contributed by atoms with Gasteiger partial charge in [-0.15, -0.1) is 10.2 Å². The van der Waals surface area contributed by atoms with Gasteiger partial charge in [0.2, 0.25) is 5.95 Å². The van der Waals surface area contributed by atoms with Crippen molar-refractivity contribution in [2.45, 2.75) is 27.7 Å². The number of anilines is 2. The summed E-state index contributed by atoms with van der Waals surface area (Å²) in [4.78, 5) is 13.6. The first-order valence-electron chi connectivity index (χ1n) is 9.19. The molecule has 140 valence electrons. The van der Waals surface area contributed by atoms with Crippen LogP contribution >= 0.6 is 0 Å². The van der Waals surface area contributed by atoms with Crippen LogP contribution in [0.4, 0.5) is 11.8 Å². The highest BCUT2D eigenvalue weighted by molar-refractivity contribution is 5.43. The minimum absolute atomic E-state index is 0.742.